The van der Waals surface area contributed by atoms with E-state index in [9.17, 15) is 0 Å². The molecule has 0 bridgehead atoms. The molecule has 1 N–H and O–H groups in total. The van der Waals surface area contributed by atoms with Crippen molar-refractivity contribution in [2.45, 2.75) is 26.2 Å². The fraction of sp³-hybridized carbons (Fsp3) is 1.00. The molecule has 0 spiro atoms. The zero-order chi connectivity index (χ0) is 11.4. The lowest BCUT2D eigenvalue weighted by Crippen LogP contribution is -2.53. The fourth-order valence-electron chi connectivity index (χ4n) is 3.18. The lowest BCUT2D eigenvalue weighted by molar-refractivity contribution is 0.0401. The van der Waals surface area contributed by atoms with Crippen molar-refractivity contribution in [1.29, 1.82) is 0 Å². The molecule has 0 aromatic rings. The summed E-state index contributed by atoms with van der Waals surface area (Å²) in [5.74, 6) is 0. The van der Waals surface area contributed by atoms with Crippen molar-refractivity contribution in [3.8, 4) is 0 Å². The van der Waals surface area contributed by atoms with Crippen molar-refractivity contribution < 1.29 is 0 Å². The maximum atomic E-state index is 3.38. The molecule has 0 unspecified atom stereocenters. The zero-order valence-electron chi connectivity index (χ0n) is 11.0. The van der Waals surface area contributed by atoms with Crippen molar-refractivity contribution >= 4 is 0 Å². The summed E-state index contributed by atoms with van der Waals surface area (Å²) < 4.78 is 0. The van der Waals surface area contributed by atoms with Gasteiger partial charge in [0.15, 0.2) is 0 Å². The highest BCUT2D eigenvalue weighted by molar-refractivity contribution is 4.92. The van der Waals surface area contributed by atoms with E-state index < -0.39 is 0 Å². The van der Waals surface area contributed by atoms with Crippen LogP contribution in [0.2, 0.25) is 0 Å². The molecule has 1 heterocycles. The maximum absolute atomic E-state index is 3.38. The molecular weight excluding hydrogens is 198 g/mol. The van der Waals surface area contributed by atoms with Crippen LogP contribution in [0.5, 0.6) is 0 Å². The Labute approximate surface area is 100 Å². The van der Waals surface area contributed by atoms with Gasteiger partial charge in [0.05, 0.1) is 0 Å². The number of likely N-dealkylation sites (N-methyl/N-ethyl adjacent to an activating group) is 1. The predicted molar refractivity (Wildman–Crippen MR) is 68.8 cm³/mol. The Bertz CT molecular complexity index is 205. The van der Waals surface area contributed by atoms with Gasteiger partial charge in [-0.05, 0) is 31.8 Å². The van der Waals surface area contributed by atoms with E-state index in [1.54, 1.807) is 0 Å². The van der Waals surface area contributed by atoms with Crippen LogP contribution in [0.1, 0.15) is 26.2 Å². The number of hydrogen-bond acceptors (Lipinski definition) is 3. The van der Waals surface area contributed by atoms with Gasteiger partial charge in [0.25, 0.3) is 0 Å². The molecule has 3 nitrogen and oxygen atoms in total. The largest absolute Gasteiger partial charge is 0.319 e. The molecule has 0 atom stereocenters. The molecular formula is C13H27N3. The molecule has 94 valence electrons. The van der Waals surface area contributed by atoms with Crippen molar-refractivity contribution in [2.75, 3.05) is 52.9 Å². The third kappa shape index (κ3) is 2.76. The van der Waals surface area contributed by atoms with E-state index in [-0.39, 0.29) is 0 Å². The molecule has 1 saturated heterocycles. The second kappa shape index (κ2) is 5.48. The standard InChI is InChI=1S/C13H27N3/c1-3-15-7-9-16(10-8-15)12-13(11-14-2)5-4-6-13/h14H,3-12H2,1-2H3. The van der Waals surface area contributed by atoms with Gasteiger partial charge in [-0.3, -0.25) is 0 Å². The van der Waals surface area contributed by atoms with Crippen LogP contribution in [0.3, 0.4) is 0 Å². The van der Waals surface area contributed by atoms with Crippen molar-refractivity contribution in [3.05, 3.63) is 0 Å². The van der Waals surface area contributed by atoms with Crippen LogP contribution in [-0.4, -0.2) is 62.7 Å². The van der Waals surface area contributed by atoms with Gasteiger partial charge in [-0.2, -0.15) is 0 Å². The minimum Gasteiger partial charge on any atom is -0.319 e. The van der Waals surface area contributed by atoms with Gasteiger partial charge < -0.3 is 15.1 Å². The first-order valence-corrected chi connectivity index (χ1v) is 6.87. The Morgan fingerprint density at radius 2 is 1.69 bits per heavy atom. The van der Waals surface area contributed by atoms with Crippen LogP contribution in [0, 0.1) is 5.41 Å². The number of nitrogens with one attached hydrogen (secondary N) is 1. The summed E-state index contributed by atoms with van der Waals surface area (Å²) in [4.78, 5) is 5.24. The molecule has 2 rings (SSSR count). The summed E-state index contributed by atoms with van der Waals surface area (Å²) in [6.45, 7) is 11.1. The summed E-state index contributed by atoms with van der Waals surface area (Å²) in [5.41, 5.74) is 0.614. The first-order valence-electron chi connectivity index (χ1n) is 6.87. The highest BCUT2D eigenvalue weighted by Gasteiger charge is 2.38. The van der Waals surface area contributed by atoms with Crippen molar-refractivity contribution in [3.63, 3.8) is 0 Å². The average molecular weight is 225 g/mol. The number of nitrogens with zero attached hydrogens (tertiary/aromatic N) is 2. The average Bonchev–Trinajstić information content (AvgIpc) is 2.27. The number of piperazine rings is 1. The van der Waals surface area contributed by atoms with Gasteiger partial charge in [-0.25, -0.2) is 0 Å². The Morgan fingerprint density at radius 1 is 1.06 bits per heavy atom. The molecule has 0 amide bonds. The molecule has 0 aromatic carbocycles. The lowest BCUT2D eigenvalue weighted by Gasteiger charge is -2.47. The van der Waals surface area contributed by atoms with E-state index in [1.807, 2.05) is 0 Å². The third-order valence-electron chi connectivity index (χ3n) is 4.44. The Kier molecular flexibility index (Phi) is 4.22. The molecule has 16 heavy (non-hydrogen) atoms. The maximum Gasteiger partial charge on any atom is 0.0110 e. The summed E-state index contributed by atoms with van der Waals surface area (Å²) >= 11 is 0. The highest BCUT2D eigenvalue weighted by atomic mass is 15.3. The molecule has 2 aliphatic rings. The topological polar surface area (TPSA) is 18.5 Å². The second-order valence-corrected chi connectivity index (χ2v) is 5.59. The number of rotatable bonds is 5. The molecule has 1 aliphatic carbocycles. The SMILES string of the molecule is CCN1CCN(CC2(CNC)CCC2)CC1. The monoisotopic (exact) mass is 225 g/mol. The minimum absolute atomic E-state index is 0.614. The normalized spacial score (nSPS) is 26.6. The smallest absolute Gasteiger partial charge is 0.0110 e. The molecule has 0 radical (unpaired) electrons. The molecule has 1 aliphatic heterocycles. The van der Waals surface area contributed by atoms with Crippen LogP contribution in [-0.2, 0) is 0 Å². The van der Waals surface area contributed by atoms with E-state index in [0.29, 0.717) is 5.41 Å². The Morgan fingerprint density at radius 3 is 2.12 bits per heavy atom. The summed E-state index contributed by atoms with van der Waals surface area (Å²) in [6, 6.07) is 0. The van der Waals surface area contributed by atoms with E-state index in [0.717, 1.165) is 0 Å². The summed E-state index contributed by atoms with van der Waals surface area (Å²) in [7, 11) is 2.09. The summed E-state index contributed by atoms with van der Waals surface area (Å²) in [5, 5.41) is 3.38. The van der Waals surface area contributed by atoms with E-state index in [4.69, 9.17) is 0 Å². The van der Waals surface area contributed by atoms with Gasteiger partial charge in [0.2, 0.25) is 0 Å². The van der Waals surface area contributed by atoms with Crippen molar-refractivity contribution in [1.82, 2.24) is 15.1 Å². The lowest BCUT2D eigenvalue weighted by atomic mass is 9.68. The van der Waals surface area contributed by atoms with Gasteiger partial charge in [-0.1, -0.05) is 13.3 Å². The van der Waals surface area contributed by atoms with Crippen LogP contribution < -0.4 is 5.32 Å². The molecule has 1 saturated carbocycles. The minimum atomic E-state index is 0.614. The zero-order valence-corrected chi connectivity index (χ0v) is 11.0. The summed E-state index contributed by atoms with van der Waals surface area (Å²) in [6.07, 6.45) is 4.31. The quantitative estimate of drug-likeness (QED) is 0.753. The first-order chi connectivity index (χ1) is 7.78. The fourth-order valence-corrected chi connectivity index (χ4v) is 3.18. The first kappa shape index (κ1) is 12.3. The van der Waals surface area contributed by atoms with Crippen LogP contribution in [0.15, 0.2) is 0 Å². The van der Waals surface area contributed by atoms with Gasteiger partial charge in [0.1, 0.15) is 0 Å². The molecule has 3 heteroatoms. The third-order valence-corrected chi connectivity index (χ3v) is 4.44. The van der Waals surface area contributed by atoms with Crippen LogP contribution in [0.25, 0.3) is 0 Å². The van der Waals surface area contributed by atoms with Crippen LogP contribution >= 0.6 is 0 Å². The van der Waals surface area contributed by atoms with Crippen molar-refractivity contribution in [2.24, 2.45) is 5.41 Å². The Hall–Kier alpha value is -0.120. The van der Waals surface area contributed by atoms with Gasteiger partial charge in [0, 0.05) is 39.3 Å². The van der Waals surface area contributed by atoms with E-state index in [1.165, 1.54) is 65.1 Å². The molecule has 2 fully saturated rings. The predicted octanol–water partition coefficient (Wildman–Crippen LogP) is 1.01. The van der Waals surface area contributed by atoms with E-state index in [2.05, 4.69) is 29.1 Å². The van der Waals surface area contributed by atoms with Gasteiger partial charge in [-0.15, -0.1) is 0 Å². The highest BCUT2D eigenvalue weighted by Crippen LogP contribution is 2.41. The number of hydrogen-bond donors (Lipinski definition) is 1. The van der Waals surface area contributed by atoms with Crippen LogP contribution in [0.4, 0.5) is 0 Å². The molecule has 0 aromatic heterocycles. The Balaban J connectivity index is 1.77. The van der Waals surface area contributed by atoms with Gasteiger partial charge >= 0.3 is 0 Å². The van der Waals surface area contributed by atoms with E-state index >= 15 is 0 Å². The second-order valence-electron chi connectivity index (χ2n) is 5.59.